The van der Waals surface area contributed by atoms with Crippen molar-refractivity contribution in [3.8, 4) is 0 Å². The lowest BCUT2D eigenvalue weighted by atomic mass is 9.57. The van der Waals surface area contributed by atoms with Gasteiger partial charge in [0, 0.05) is 30.7 Å². The van der Waals surface area contributed by atoms with Crippen LogP contribution in [0.15, 0.2) is 24.3 Å². The van der Waals surface area contributed by atoms with Gasteiger partial charge >= 0.3 is 0 Å². The topological polar surface area (TPSA) is 61.4 Å². The van der Waals surface area contributed by atoms with Gasteiger partial charge in [-0.3, -0.25) is 14.5 Å². The van der Waals surface area contributed by atoms with Crippen molar-refractivity contribution in [1.82, 2.24) is 15.5 Å². The number of benzene rings is 1. The van der Waals surface area contributed by atoms with Crippen molar-refractivity contribution in [3.05, 3.63) is 35.4 Å². The number of likely N-dealkylation sites (tertiary alicyclic amines) is 1. The van der Waals surface area contributed by atoms with E-state index in [0.29, 0.717) is 17.9 Å². The lowest BCUT2D eigenvalue weighted by molar-refractivity contribution is -0.133. The van der Waals surface area contributed by atoms with Crippen LogP contribution in [0.2, 0.25) is 0 Å². The summed E-state index contributed by atoms with van der Waals surface area (Å²) in [6.45, 7) is 11.3. The molecule has 2 aliphatic rings. The van der Waals surface area contributed by atoms with Crippen LogP contribution in [0.3, 0.4) is 0 Å². The first kappa shape index (κ1) is 18.9. The van der Waals surface area contributed by atoms with Crippen LogP contribution < -0.4 is 10.6 Å². The Kier molecular flexibility index (Phi) is 5.11. The quantitative estimate of drug-likeness (QED) is 0.850. The minimum atomic E-state index is -0.170. The van der Waals surface area contributed by atoms with E-state index in [1.165, 1.54) is 0 Å². The smallest absolute Gasteiger partial charge is 0.251 e. The van der Waals surface area contributed by atoms with Gasteiger partial charge in [-0.15, -0.1) is 0 Å². The third-order valence-electron chi connectivity index (χ3n) is 5.31. The zero-order chi connectivity index (χ0) is 18.9. The molecule has 1 aliphatic heterocycles. The number of nitrogens with one attached hydrogen (secondary N) is 2. The maximum absolute atomic E-state index is 12.2. The first-order chi connectivity index (χ1) is 12.1. The van der Waals surface area contributed by atoms with Gasteiger partial charge in [0.15, 0.2) is 0 Å². The SMILES string of the molecule is Cc1ccc(C(=O)NCC2CC3(C2)CN(CC(=O)NC(C)(C)C)C3)cc1. The van der Waals surface area contributed by atoms with Crippen molar-refractivity contribution in [3.63, 3.8) is 0 Å². The second-order valence-corrected chi connectivity index (χ2v) is 9.29. The summed E-state index contributed by atoms with van der Waals surface area (Å²) in [4.78, 5) is 26.4. The molecule has 1 saturated heterocycles. The fourth-order valence-electron chi connectivity index (χ4n) is 4.29. The van der Waals surface area contributed by atoms with Gasteiger partial charge in [0.05, 0.1) is 6.54 Å². The van der Waals surface area contributed by atoms with E-state index in [1.54, 1.807) is 0 Å². The highest BCUT2D eigenvalue weighted by Crippen LogP contribution is 2.51. The Morgan fingerprint density at radius 2 is 1.77 bits per heavy atom. The molecule has 0 radical (unpaired) electrons. The molecule has 1 saturated carbocycles. The summed E-state index contributed by atoms with van der Waals surface area (Å²) in [6.07, 6.45) is 2.30. The molecule has 1 aliphatic carbocycles. The van der Waals surface area contributed by atoms with Crippen LogP contribution in [0.25, 0.3) is 0 Å². The fourth-order valence-corrected chi connectivity index (χ4v) is 4.29. The van der Waals surface area contributed by atoms with Gasteiger partial charge in [-0.2, -0.15) is 0 Å². The van der Waals surface area contributed by atoms with Crippen molar-refractivity contribution >= 4 is 11.8 Å². The molecule has 0 aromatic heterocycles. The summed E-state index contributed by atoms with van der Waals surface area (Å²) in [5.41, 5.74) is 2.11. The van der Waals surface area contributed by atoms with E-state index in [0.717, 1.165) is 43.6 Å². The molecule has 2 N–H and O–H groups in total. The number of aryl methyl sites for hydroxylation is 1. The minimum absolute atomic E-state index is 0.0139. The number of rotatable bonds is 5. The van der Waals surface area contributed by atoms with Gasteiger partial charge in [-0.25, -0.2) is 0 Å². The third-order valence-corrected chi connectivity index (χ3v) is 5.31. The molecule has 1 heterocycles. The maximum Gasteiger partial charge on any atom is 0.251 e. The van der Waals surface area contributed by atoms with Crippen LogP contribution in [0, 0.1) is 18.3 Å². The molecule has 0 atom stereocenters. The van der Waals surface area contributed by atoms with E-state index >= 15 is 0 Å². The Bertz CT molecular complexity index is 661. The van der Waals surface area contributed by atoms with Gasteiger partial charge in [-0.1, -0.05) is 17.7 Å². The second-order valence-electron chi connectivity index (χ2n) is 9.29. The Morgan fingerprint density at radius 1 is 1.15 bits per heavy atom. The van der Waals surface area contributed by atoms with Crippen LogP contribution in [-0.2, 0) is 4.79 Å². The monoisotopic (exact) mass is 357 g/mol. The lowest BCUT2D eigenvalue weighted by Gasteiger charge is -2.59. The van der Waals surface area contributed by atoms with Crippen LogP contribution >= 0.6 is 0 Å². The van der Waals surface area contributed by atoms with Gasteiger partial charge in [0.2, 0.25) is 5.91 Å². The Morgan fingerprint density at radius 3 is 2.35 bits per heavy atom. The number of hydrogen-bond acceptors (Lipinski definition) is 3. The molecule has 2 amide bonds. The highest BCUT2D eigenvalue weighted by Gasteiger charge is 2.52. The molecule has 1 spiro atoms. The zero-order valence-corrected chi connectivity index (χ0v) is 16.4. The Balaban J connectivity index is 1.33. The predicted molar refractivity (Wildman–Crippen MR) is 103 cm³/mol. The molecule has 0 unspecified atom stereocenters. The summed E-state index contributed by atoms with van der Waals surface area (Å²) in [5, 5.41) is 6.07. The van der Waals surface area contributed by atoms with Gasteiger partial charge in [0.25, 0.3) is 5.91 Å². The zero-order valence-electron chi connectivity index (χ0n) is 16.4. The van der Waals surface area contributed by atoms with Crippen molar-refractivity contribution in [2.24, 2.45) is 11.3 Å². The molecule has 0 bridgehead atoms. The Labute approximate surface area is 156 Å². The van der Waals surface area contributed by atoms with E-state index in [9.17, 15) is 9.59 Å². The fraction of sp³-hybridized carbons (Fsp3) is 0.619. The summed E-state index contributed by atoms with van der Waals surface area (Å²) < 4.78 is 0. The maximum atomic E-state index is 12.2. The number of carbonyl (C=O) groups is 2. The summed E-state index contributed by atoms with van der Waals surface area (Å²) in [7, 11) is 0. The third kappa shape index (κ3) is 4.64. The Hall–Kier alpha value is -1.88. The number of carbonyl (C=O) groups excluding carboxylic acids is 2. The van der Waals surface area contributed by atoms with Crippen molar-refractivity contribution in [2.75, 3.05) is 26.2 Å². The molecule has 1 aromatic rings. The molecule has 26 heavy (non-hydrogen) atoms. The number of hydrogen-bond donors (Lipinski definition) is 2. The lowest BCUT2D eigenvalue weighted by Crippen LogP contribution is -2.64. The predicted octanol–water partition coefficient (Wildman–Crippen LogP) is 2.35. The van der Waals surface area contributed by atoms with Gasteiger partial charge < -0.3 is 10.6 Å². The molecule has 142 valence electrons. The average Bonchev–Trinajstić information content (AvgIpc) is 2.45. The summed E-state index contributed by atoms with van der Waals surface area (Å²) >= 11 is 0. The van der Waals surface area contributed by atoms with E-state index < -0.39 is 0 Å². The first-order valence-corrected chi connectivity index (χ1v) is 9.52. The normalized spacial score (nSPS) is 19.5. The molecule has 3 rings (SSSR count). The van der Waals surface area contributed by atoms with Gasteiger partial charge in [0.1, 0.15) is 0 Å². The largest absolute Gasteiger partial charge is 0.352 e. The van der Waals surface area contributed by atoms with Crippen LogP contribution in [0.5, 0.6) is 0 Å². The second kappa shape index (κ2) is 7.03. The number of amides is 2. The summed E-state index contributed by atoms with van der Waals surface area (Å²) in [5.74, 6) is 0.684. The van der Waals surface area contributed by atoms with Crippen molar-refractivity contribution in [2.45, 2.75) is 46.1 Å². The molecular weight excluding hydrogens is 326 g/mol. The standard InChI is InChI=1S/C21H31N3O2/c1-15-5-7-17(8-6-15)19(26)22-11-16-9-21(10-16)13-24(14-21)12-18(25)23-20(2,3)4/h5-8,16H,9-14H2,1-4H3,(H,22,26)(H,23,25). The van der Waals surface area contributed by atoms with E-state index in [2.05, 4.69) is 15.5 Å². The molecule has 2 fully saturated rings. The van der Waals surface area contributed by atoms with Crippen molar-refractivity contribution < 1.29 is 9.59 Å². The van der Waals surface area contributed by atoms with Crippen LogP contribution in [-0.4, -0.2) is 48.4 Å². The molecular formula is C21H31N3O2. The highest BCUT2D eigenvalue weighted by atomic mass is 16.2. The molecule has 5 nitrogen and oxygen atoms in total. The minimum Gasteiger partial charge on any atom is -0.352 e. The molecule has 1 aromatic carbocycles. The number of nitrogens with zero attached hydrogens (tertiary/aromatic N) is 1. The van der Waals surface area contributed by atoms with E-state index in [4.69, 9.17) is 0 Å². The van der Waals surface area contributed by atoms with E-state index in [-0.39, 0.29) is 17.4 Å². The van der Waals surface area contributed by atoms with Crippen molar-refractivity contribution in [1.29, 1.82) is 0 Å². The van der Waals surface area contributed by atoms with Gasteiger partial charge in [-0.05, 0) is 64.0 Å². The highest BCUT2D eigenvalue weighted by molar-refractivity contribution is 5.94. The van der Waals surface area contributed by atoms with Crippen LogP contribution in [0.1, 0.15) is 49.5 Å². The first-order valence-electron chi connectivity index (χ1n) is 9.52. The van der Waals surface area contributed by atoms with E-state index in [1.807, 2.05) is 52.0 Å². The average molecular weight is 357 g/mol. The van der Waals surface area contributed by atoms with Crippen LogP contribution in [0.4, 0.5) is 0 Å². The molecule has 5 heteroatoms. The summed E-state index contributed by atoms with van der Waals surface area (Å²) in [6, 6.07) is 7.68.